The highest BCUT2D eigenvalue weighted by Gasteiger charge is 2.28. The predicted molar refractivity (Wildman–Crippen MR) is 48.1 cm³/mol. The number of rotatable bonds is 4. The molecule has 1 amide bonds. The average molecular weight is 240 g/mol. The number of amides is 1. The number of aliphatic hydroxyl groups excluding tert-OH is 1. The van der Waals surface area contributed by atoms with E-state index in [9.17, 15) is 13.6 Å². The van der Waals surface area contributed by atoms with Gasteiger partial charge in [-0.25, -0.2) is 8.78 Å². The fraction of sp³-hybridized carbons (Fsp3) is 0.375. The highest BCUT2D eigenvalue weighted by atomic mass is 35.5. The van der Waals surface area contributed by atoms with E-state index < -0.39 is 25.0 Å². The van der Waals surface area contributed by atoms with Gasteiger partial charge in [0.1, 0.15) is 6.61 Å². The Morgan fingerprint density at radius 1 is 1.60 bits per heavy atom. The van der Waals surface area contributed by atoms with E-state index in [1.807, 2.05) is 5.32 Å². The van der Waals surface area contributed by atoms with Crippen molar-refractivity contribution >= 4 is 17.5 Å². The smallest absolute Gasteiger partial charge is 0.287 e. The molecule has 1 rings (SSSR count). The number of halogens is 3. The standard InChI is InChI=1S/C8H8ClF2NO3/c9-6-2-1-5(15-6)7(14)12-3-8(10,11)4-13/h1-2,13H,3-4H2,(H,12,14). The SMILES string of the molecule is O=C(NCC(F)(F)CO)c1ccc(Cl)o1. The molecule has 84 valence electrons. The number of alkyl halides is 2. The number of carbonyl (C=O) groups excluding carboxylic acids is 1. The zero-order valence-electron chi connectivity index (χ0n) is 7.47. The number of furan rings is 1. The molecule has 0 radical (unpaired) electrons. The first-order chi connectivity index (χ1) is 6.94. The van der Waals surface area contributed by atoms with Crippen LogP contribution in [0.25, 0.3) is 0 Å². The Kier molecular flexibility index (Phi) is 3.65. The molecule has 1 aromatic heterocycles. The van der Waals surface area contributed by atoms with Crippen LogP contribution in [0.1, 0.15) is 10.6 Å². The van der Waals surface area contributed by atoms with Gasteiger partial charge in [0.2, 0.25) is 0 Å². The number of hydrogen-bond donors (Lipinski definition) is 2. The van der Waals surface area contributed by atoms with E-state index in [0.717, 1.165) is 0 Å². The number of hydrogen-bond acceptors (Lipinski definition) is 3. The Morgan fingerprint density at radius 2 is 2.27 bits per heavy atom. The maximum atomic E-state index is 12.5. The van der Waals surface area contributed by atoms with Crippen LogP contribution >= 0.6 is 11.6 Å². The van der Waals surface area contributed by atoms with Crippen molar-refractivity contribution in [2.24, 2.45) is 0 Å². The molecule has 0 spiro atoms. The van der Waals surface area contributed by atoms with Gasteiger partial charge >= 0.3 is 0 Å². The van der Waals surface area contributed by atoms with Gasteiger partial charge in [0, 0.05) is 0 Å². The van der Waals surface area contributed by atoms with Gasteiger partial charge in [-0.2, -0.15) is 0 Å². The minimum atomic E-state index is -3.34. The monoisotopic (exact) mass is 239 g/mol. The van der Waals surface area contributed by atoms with Gasteiger partial charge in [-0.1, -0.05) is 0 Å². The lowest BCUT2D eigenvalue weighted by atomic mass is 10.3. The van der Waals surface area contributed by atoms with Gasteiger partial charge in [0.05, 0.1) is 6.54 Å². The summed E-state index contributed by atoms with van der Waals surface area (Å²) in [6.07, 6.45) is 0. The molecule has 0 unspecified atom stereocenters. The third-order valence-corrected chi connectivity index (χ3v) is 1.74. The summed E-state index contributed by atoms with van der Waals surface area (Å²) < 4.78 is 29.7. The van der Waals surface area contributed by atoms with Crippen LogP contribution in [0.4, 0.5) is 8.78 Å². The molecule has 1 aromatic rings. The van der Waals surface area contributed by atoms with Crippen LogP contribution in [-0.4, -0.2) is 30.1 Å². The summed E-state index contributed by atoms with van der Waals surface area (Å²) in [5.41, 5.74) is 0. The molecule has 0 atom stereocenters. The normalized spacial score (nSPS) is 11.5. The van der Waals surface area contributed by atoms with Crippen LogP contribution in [0, 0.1) is 0 Å². The quantitative estimate of drug-likeness (QED) is 0.832. The van der Waals surface area contributed by atoms with Crippen LogP contribution in [0.2, 0.25) is 5.22 Å². The van der Waals surface area contributed by atoms with E-state index in [2.05, 4.69) is 0 Å². The zero-order chi connectivity index (χ0) is 11.5. The number of carbonyl (C=O) groups is 1. The van der Waals surface area contributed by atoms with Crippen LogP contribution in [-0.2, 0) is 0 Å². The molecule has 0 saturated carbocycles. The Morgan fingerprint density at radius 3 is 2.73 bits per heavy atom. The second-order valence-corrected chi connectivity index (χ2v) is 3.17. The molecule has 0 fully saturated rings. The van der Waals surface area contributed by atoms with Crippen molar-refractivity contribution < 1.29 is 23.1 Å². The van der Waals surface area contributed by atoms with Gasteiger partial charge in [-0.3, -0.25) is 4.79 Å². The summed E-state index contributed by atoms with van der Waals surface area (Å²) in [6, 6.07) is 2.58. The summed E-state index contributed by atoms with van der Waals surface area (Å²) >= 11 is 5.39. The van der Waals surface area contributed by atoms with Crippen molar-refractivity contribution in [1.29, 1.82) is 0 Å². The van der Waals surface area contributed by atoms with Crippen molar-refractivity contribution in [3.63, 3.8) is 0 Å². The van der Waals surface area contributed by atoms with Gasteiger partial charge in [0.25, 0.3) is 11.8 Å². The minimum absolute atomic E-state index is 0.00549. The topological polar surface area (TPSA) is 62.5 Å². The first kappa shape index (κ1) is 11.9. The fourth-order valence-electron chi connectivity index (χ4n) is 0.789. The van der Waals surface area contributed by atoms with Crippen LogP contribution in [0.3, 0.4) is 0 Å². The average Bonchev–Trinajstić information content (AvgIpc) is 2.61. The van der Waals surface area contributed by atoms with Gasteiger partial charge in [-0.05, 0) is 23.7 Å². The van der Waals surface area contributed by atoms with Gasteiger partial charge < -0.3 is 14.8 Å². The lowest BCUT2D eigenvalue weighted by molar-refractivity contribution is -0.0463. The van der Waals surface area contributed by atoms with E-state index >= 15 is 0 Å². The summed E-state index contributed by atoms with van der Waals surface area (Å²) in [5.74, 6) is -4.31. The molecule has 0 bridgehead atoms. The number of nitrogens with one attached hydrogen (secondary N) is 1. The summed E-state index contributed by atoms with van der Waals surface area (Å²) in [6.45, 7) is -2.28. The molecule has 1 heterocycles. The molecule has 0 aliphatic rings. The zero-order valence-corrected chi connectivity index (χ0v) is 8.22. The van der Waals surface area contributed by atoms with E-state index in [-0.39, 0.29) is 11.0 Å². The summed E-state index contributed by atoms with van der Waals surface area (Å²) in [4.78, 5) is 11.1. The molecule has 2 N–H and O–H groups in total. The highest BCUT2D eigenvalue weighted by Crippen LogP contribution is 2.14. The third-order valence-electron chi connectivity index (χ3n) is 1.54. The van der Waals surface area contributed by atoms with E-state index in [1.165, 1.54) is 12.1 Å². The van der Waals surface area contributed by atoms with Crippen molar-refractivity contribution in [2.45, 2.75) is 5.92 Å². The summed E-state index contributed by atoms with van der Waals surface area (Å²) in [7, 11) is 0. The molecule has 15 heavy (non-hydrogen) atoms. The minimum Gasteiger partial charge on any atom is -0.440 e. The van der Waals surface area contributed by atoms with Gasteiger partial charge in [-0.15, -0.1) is 0 Å². The van der Waals surface area contributed by atoms with E-state index in [1.54, 1.807) is 0 Å². The van der Waals surface area contributed by atoms with Crippen molar-refractivity contribution in [3.8, 4) is 0 Å². The fourth-order valence-corrected chi connectivity index (χ4v) is 0.935. The molecule has 7 heteroatoms. The Hall–Kier alpha value is -1.14. The maximum Gasteiger partial charge on any atom is 0.287 e. The second kappa shape index (κ2) is 4.59. The Balaban J connectivity index is 2.50. The molecular formula is C8H8ClF2NO3. The third kappa shape index (κ3) is 3.49. The van der Waals surface area contributed by atoms with E-state index in [4.69, 9.17) is 21.1 Å². The Labute approximate surface area is 88.8 Å². The van der Waals surface area contributed by atoms with Crippen molar-refractivity contribution in [3.05, 3.63) is 23.1 Å². The first-order valence-electron chi connectivity index (χ1n) is 3.97. The Bertz CT molecular complexity index is 353. The summed E-state index contributed by atoms with van der Waals surface area (Å²) in [5, 5.41) is 10.1. The lowest BCUT2D eigenvalue weighted by Crippen LogP contribution is -2.38. The van der Waals surface area contributed by atoms with Crippen molar-refractivity contribution in [2.75, 3.05) is 13.2 Å². The van der Waals surface area contributed by atoms with Gasteiger partial charge in [0.15, 0.2) is 11.0 Å². The largest absolute Gasteiger partial charge is 0.440 e. The molecule has 0 aromatic carbocycles. The molecule has 4 nitrogen and oxygen atoms in total. The van der Waals surface area contributed by atoms with Crippen molar-refractivity contribution in [1.82, 2.24) is 5.32 Å². The van der Waals surface area contributed by atoms with Crippen LogP contribution < -0.4 is 5.32 Å². The molecule has 0 aliphatic heterocycles. The second-order valence-electron chi connectivity index (χ2n) is 2.80. The highest BCUT2D eigenvalue weighted by molar-refractivity contribution is 6.29. The number of aliphatic hydroxyl groups is 1. The molecule has 0 aliphatic carbocycles. The van der Waals surface area contributed by atoms with E-state index in [0.29, 0.717) is 0 Å². The first-order valence-corrected chi connectivity index (χ1v) is 4.34. The molecule has 0 saturated heterocycles. The molecular weight excluding hydrogens is 232 g/mol. The van der Waals surface area contributed by atoms with Crippen LogP contribution in [0.15, 0.2) is 16.5 Å². The lowest BCUT2D eigenvalue weighted by Gasteiger charge is -2.12. The predicted octanol–water partition coefficient (Wildman–Crippen LogP) is 1.29. The van der Waals surface area contributed by atoms with Crippen LogP contribution in [0.5, 0.6) is 0 Å². The maximum absolute atomic E-state index is 12.5.